The summed E-state index contributed by atoms with van der Waals surface area (Å²) in [6.07, 6.45) is 0.429. The Morgan fingerprint density at radius 3 is 2.21 bits per heavy atom. The van der Waals surface area contributed by atoms with Crippen molar-refractivity contribution in [3.05, 3.63) is 65.7 Å². The summed E-state index contributed by atoms with van der Waals surface area (Å²) in [5.41, 5.74) is 3.52. The number of carbonyl (C=O) groups is 4. The van der Waals surface area contributed by atoms with Gasteiger partial charge in [0, 0.05) is 25.4 Å². The van der Waals surface area contributed by atoms with E-state index in [1.54, 1.807) is 38.1 Å². The Labute approximate surface area is 246 Å². The Kier molecular flexibility index (Phi) is 10.7. The van der Waals surface area contributed by atoms with Crippen molar-refractivity contribution in [2.45, 2.75) is 50.8 Å². The molecule has 2 aromatic carbocycles. The van der Waals surface area contributed by atoms with Crippen LogP contribution in [0.1, 0.15) is 31.4 Å². The third-order valence-electron chi connectivity index (χ3n) is 7.58. The number of nitrogens with one attached hydrogen (secondary N) is 3. The number of epoxide rings is 1. The van der Waals surface area contributed by atoms with Crippen LogP contribution in [0.25, 0.3) is 0 Å². The van der Waals surface area contributed by atoms with E-state index in [0.717, 1.165) is 11.1 Å². The fourth-order valence-corrected chi connectivity index (χ4v) is 4.82. The SMILES string of the molecule is COc1ccc(CC(CC(=O)C(C)NC(=O)NN2CCOCC2)C(=O)NC(Cc2ccccc2)C(=O)C2(C)CO2)cc1. The summed E-state index contributed by atoms with van der Waals surface area (Å²) in [7, 11) is 1.57. The third-order valence-corrected chi connectivity index (χ3v) is 7.58. The molecule has 0 bridgehead atoms. The molecule has 0 saturated carbocycles. The van der Waals surface area contributed by atoms with Crippen LogP contribution in [-0.2, 0) is 36.7 Å². The van der Waals surface area contributed by atoms with Gasteiger partial charge in [-0.15, -0.1) is 0 Å². The lowest BCUT2D eigenvalue weighted by Crippen LogP contribution is -2.54. The summed E-state index contributed by atoms with van der Waals surface area (Å²) in [6.45, 7) is 5.73. The monoisotopic (exact) mass is 580 g/mol. The van der Waals surface area contributed by atoms with Crippen molar-refractivity contribution in [2.75, 3.05) is 40.0 Å². The number of carbonyl (C=O) groups excluding carboxylic acids is 4. The van der Waals surface area contributed by atoms with E-state index in [1.165, 1.54) is 0 Å². The van der Waals surface area contributed by atoms with Gasteiger partial charge in [0.2, 0.25) is 5.91 Å². The summed E-state index contributed by atoms with van der Waals surface area (Å²) in [5, 5.41) is 7.33. The van der Waals surface area contributed by atoms with Crippen molar-refractivity contribution in [2.24, 2.45) is 5.92 Å². The smallest absolute Gasteiger partial charge is 0.329 e. The molecule has 2 aliphatic heterocycles. The second kappa shape index (κ2) is 14.4. The number of ketones is 2. The largest absolute Gasteiger partial charge is 0.497 e. The van der Waals surface area contributed by atoms with Gasteiger partial charge in [-0.3, -0.25) is 19.8 Å². The standard InChI is InChI=1S/C31H40N4O7/c1-21(32-30(39)34-35-13-15-41-16-14-35)27(36)19-24(17-23-9-11-25(40-3)12-10-23)29(38)33-26(28(37)31(2)20-42-31)18-22-7-5-4-6-8-22/h4-12,21,24,26H,13-20H2,1-3H3,(H,33,38)(H2,32,34,39). The minimum absolute atomic E-state index is 0.128. The van der Waals surface area contributed by atoms with Gasteiger partial charge in [-0.2, -0.15) is 0 Å². The molecule has 42 heavy (non-hydrogen) atoms. The van der Waals surface area contributed by atoms with Crippen LogP contribution in [-0.4, -0.2) is 86.2 Å². The number of morpholine rings is 1. The first-order valence-corrected chi connectivity index (χ1v) is 14.2. The fourth-order valence-electron chi connectivity index (χ4n) is 4.82. The zero-order valence-electron chi connectivity index (χ0n) is 24.4. The van der Waals surface area contributed by atoms with Crippen molar-refractivity contribution < 1.29 is 33.4 Å². The normalized spacial score (nSPS) is 20.5. The van der Waals surface area contributed by atoms with Crippen molar-refractivity contribution in [3.63, 3.8) is 0 Å². The first-order chi connectivity index (χ1) is 20.2. The van der Waals surface area contributed by atoms with Gasteiger partial charge in [0.15, 0.2) is 11.6 Å². The van der Waals surface area contributed by atoms with Crippen LogP contribution in [0, 0.1) is 5.92 Å². The van der Waals surface area contributed by atoms with Gasteiger partial charge in [0.05, 0.1) is 39.0 Å². The number of ether oxygens (including phenoxy) is 3. The molecule has 2 fully saturated rings. The summed E-state index contributed by atoms with van der Waals surface area (Å²) >= 11 is 0. The van der Waals surface area contributed by atoms with E-state index in [1.807, 2.05) is 42.5 Å². The minimum atomic E-state index is -0.930. The lowest BCUT2D eigenvalue weighted by Gasteiger charge is -2.28. The predicted octanol–water partition coefficient (Wildman–Crippen LogP) is 1.83. The van der Waals surface area contributed by atoms with E-state index in [2.05, 4.69) is 16.1 Å². The lowest BCUT2D eigenvalue weighted by molar-refractivity contribution is -0.134. The van der Waals surface area contributed by atoms with E-state index < -0.39 is 35.5 Å². The molecule has 0 aliphatic carbocycles. The summed E-state index contributed by atoms with van der Waals surface area (Å²) in [4.78, 5) is 52.9. The van der Waals surface area contributed by atoms with Crippen LogP contribution in [0.15, 0.2) is 54.6 Å². The molecule has 4 rings (SSSR count). The van der Waals surface area contributed by atoms with Gasteiger partial charge in [-0.1, -0.05) is 42.5 Å². The van der Waals surface area contributed by atoms with E-state index in [9.17, 15) is 19.2 Å². The number of urea groups is 1. The Hall–Kier alpha value is -3.80. The number of hydrogen-bond acceptors (Lipinski definition) is 8. The minimum Gasteiger partial charge on any atom is -0.497 e. The molecule has 2 aliphatic rings. The molecule has 2 heterocycles. The fraction of sp³-hybridized carbons (Fsp3) is 0.484. The highest BCUT2D eigenvalue weighted by molar-refractivity contribution is 5.98. The Balaban J connectivity index is 1.46. The van der Waals surface area contributed by atoms with E-state index in [-0.39, 0.29) is 24.4 Å². The van der Waals surface area contributed by atoms with E-state index in [4.69, 9.17) is 14.2 Å². The van der Waals surface area contributed by atoms with Crippen LogP contribution in [0.5, 0.6) is 5.75 Å². The summed E-state index contributed by atoms with van der Waals surface area (Å²) in [5.74, 6) is -1.03. The van der Waals surface area contributed by atoms with Gasteiger partial charge in [0.1, 0.15) is 11.4 Å². The molecule has 3 N–H and O–H groups in total. The molecule has 0 radical (unpaired) electrons. The Morgan fingerprint density at radius 1 is 0.952 bits per heavy atom. The maximum Gasteiger partial charge on any atom is 0.329 e. The number of hydrogen-bond donors (Lipinski definition) is 3. The quantitative estimate of drug-likeness (QED) is 0.288. The molecule has 2 aromatic rings. The highest BCUT2D eigenvalue weighted by atomic mass is 16.6. The Bertz CT molecular complexity index is 1230. The number of hydrazine groups is 1. The number of nitrogens with zero attached hydrogens (tertiary/aromatic N) is 1. The number of rotatable bonds is 14. The highest BCUT2D eigenvalue weighted by Gasteiger charge is 2.50. The summed E-state index contributed by atoms with van der Waals surface area (Å²) < 4.78 is 15.9. The number of amides is 3. The zero-order valence-corrected chi connectivity index (χ0v) is 24.4. The average molecular weight is 581 g/mol. The number of benzene rings is 2. The topological polar surface area (TPSA) is 139 Å². The van der Waals surface area contributed by atoms with Gasteiger partial charge in [-0.25, -0.2) is 9.80 Å². The molecule has 2 saturated heterocycles. The Morgan fingerprint density at radius 2 is 1.60 bits per heavy atom. The van der Waals surface area contributed by atoms with Crippen LogP contribution in [0.2, 0.25) is 0 Å². The molecule has 4 unspecified atom stereocenters. The van der Waals surface area contributed by atoms with Crippen molar-refractivity contribution in [3.8, 4) is 5.75 Å². The molecular weight excluding hydrogens is 540 g/mol. The molecular formula is C31H40N4O7. The second-order valence-corrected chi connectivity index (χ2v) is 11.0. The molecule has 11 nitrogen and oxygen atoms in total. The molecule has 226 valence electrons. The van der Waals surface area contributed by atoms with Gasteiger partial charge >= 0.3 is 6.03 Å². The molecule has 3 amide bonds. The van der Waals surface area contributed by atoms with Gasteiger partial charge < -0.3 is 24.8 Å². The average Bonchev–Trinajstić information content (AvgIpc) is 3.75. The molecule has 0 aromatic heterocycles. The first kappa shape index (κ1) is 31.1. The van der Waals surface area contributed by atoms with Crippen molar-refractivity contribution in [1.29, 1.82) is 0 Å². The van der Waals surface area contributed by atoms with Crippen LogP contribution in [0.4, 0.5) is 4.79 Å². The van der Waals surface area contributed by atoms with Gasteiger partial charge in [0.25, 0.3) is 0 Å². The van der Waals surface area contributed by atoms with Gasteiger partial charge in [-0.05, 0) is 49.9 Å². The van der Waals surface area contributed by atoms with Crippen LogP contribution in [0.3, 0.4) is 0 Å². The molecule has 4 atom stereocenters. The highest BCUT2D eigenvalue weighted by Crippen LogP contribution is 2.29. The van der Waals surface area contributed by atoms with Crippen LogP contribution >= 0.6 is 0 Å². The third kappa shape index (κ3) is 8.85. The predicted molar refractivity (Wildman–Crippen MR) is 155 cm³/mol. The summed E-state index contributed by atoms with van der Waals surface area (Å²) in [6, 6.07) is 14.5. The van der Waals surface area contributed by atoms with Crippen LogP contribution < -0.4 is 20.8 Å². The zero-order chi connectivity index (χ0) is 30.1. The maximum absolute atomic E-state index is 13.8. The number of methoxy groups -OCH3 is 1. The maximum atomic E-state index is 13.8. The molecule has 11 heteroatoms. The first-order valence-electron chi connectivity index (χ1n) is 14.2. The van der Waals surface area contributed by atoms with E-state index in [0.29, 0.717) is 45.1 Å². The van der Waals surface area contributed by atoms with E-state index >= 15 is 0 Å². The second-order valence-electron chi connectivity index (χ2n) is 11.0. The lowest BCUT2D eigenvalue weighted by atomic mass is 9.89. The number of Topliss-reactive ketones (excluding diaryl/α,β-unsaturated/α-hetero) is 2. The molecule has 0 spiro atoms. The van der Waals surface area contributed by atoms with Crippen molar-refractivity contribution in [1.82, 2.24) is 21.1 Å². The van der Waals surface area contributed by atoms with Crippen molar-refractivity contribution >= 4 is 23.5 Å².